The first-order valence-electron chi connectivity index (χ1n) is 7.10. The van der Waals surface area contributed by atoms with Crippen LogP contribution in [0.5, 0.6) is 0 Å². The topological polar surface area (TPSA) is 109 Å². The predicted molar refractivity (Wildman–Crippen MR) is 94.9 cm³/mol. The lowest BCUT2D eigenvalue weighted by atomic mass is 10.1. The van der Waals surface area contributed by atoms with Crippen molar-refractivity contribution < 1.29 is 9.72 Å². The Morgan fingerprint density at radius 3 is 2.72 bits per heavy atom. The fourth-order valence-corrected chi connectivity index (χ4v) is 3.00. The minimum atomic E-state index is -0.583. The number of anilines is 1. The molecule has 3 rings (SSSR count). The number of nitrogens with zero attached hydrogens (tertiary/aromatic N) is 3. The molecule has 1 aromatic heterocycles. The van der Waals surface area contributed by atoms with E-state index in [-0.39, 0.29) is 16.4 Å². The average Bonchev–Trinajstić information content (AvgIpc) is 3.01. The van der Waals surface area contributed by atoms with E-state index in [1.807, 2.05) is 12.1 Å². The predicted octanol–water partition coefficient (Wildman–Crippen LogP) is 3.75. The van der Waals surface area contributed by atoms with E-state index < -0.39 is 10.8 Å². The van der Waals surface area contributed by atoms with E-state index in [4.69, 9.17) is 0 Å². The van der Waals surface area contributed by atoms with Gasteiger partial charge in [-0.15, -0.1) is 0 Å². The Morgan fingerprint density at radius 2 is 2.04 bits per heavy atom. The van der Waals surface area contributed by atoms with Gasteiger partial charge >= 0.3 is 0 Å². The Labute approximate surface area is 146 Å². The number of nitriles is 1. The SMILES string of the molecule is N#CC(=Cc1ccccc1)C(=O)Nc1nc2ccc([N+](=O)[O-])cc2s1. The quantitative estimate of drug-likeness (QED) is 0.333. The molecule has 0 unspecified atom stereocenters. The molecule has 1 N–H and O–H groups in total. The van der Waals surface area contributed by atoms with E-state index in [2.05, 4.69) is 10.3 Å². The Hall–Kier alpha value is -3.57. The monoisotopic (exact) mass is 350 g/mol. The molecule has 0 saturated heterocycles. The van der Waals surface area contributed by atoms with Crippen molar-refractivity contribution in [3.8, 4) is 6.07 Å². The zero-order valence-corrected chi connectivity index (χ0v) is 13.5. The summed E-state index contributed by atoms with van der Waals surface area (Å²) >= 11 is 1.11. The molecular formula is C17H10N4O3S. The Kier molecular flexibility index (Phi) is 4.50. The average molecular weight is 350 g/mol. The van der Waals surface area contributed by atoms with Crippen molar-refractivity contribution in [2.24, 2.45) is 0 Å². The number of amides is 1. The van der Waals surface area contributed by atoms with Crippen LogP contribution in [-0.2, 0) is 4.79 Å². The highest BCUT2D eigenvalue weighted by Crippen LogP contribution is 2.29. The van der Waals surface area contributed by atoms with Gasteiger partial charge in [0.2, 0.25) is 0 Å². The molecule has 0 fully saturated rings. The summed E-state index contributed by atoms with van der Waals surface area (Å²) in [6, 6.07) is 15.1. The smallest absolute Gasteiger partial charge is 0.270 e. The van der Waals surface area contributed by atoms with Crippen molar-refractivity contribution >= 4 is 44.4 Å². The summed E-state index contributed by atoms with van der Waals surface area (Å²) in [5.41, 5.74) is 1.16. The second kappa shape index (κ2) is 6.90. The lowest BCUT2D eigenvalue weighted by Gasteiger charge is -1.99. The van der Waals surface area contributed by atoms with E-state index in [1.54, 1.807) is 24.3 Å². The summed E-state index contributed by atoms with van der Waals surface area (Å²) in [7, 11) is 0. The second-order valence-electron chi connectivity index (χ2n) is 4.96. The number of aromatic nitrogens is 1. The van der Waals surface area contributed by atoms with E-state index in [0.29, 0.717) is 10.2 Å². The van der Waals surface area contributed by atoms with Crippen LogP contribution < -0.4 is 5.32 Å². The lowest BCUT2D eigenvalue weighted by molar-refractivity contribution is -0.384. The van der Waals surface area contributed by atoms with Gasteiger partial charge in [0, 0.05) is 12.1 Å². The first kappa shape index (κ1) is 16.3. The van der Waals surface area contributed by atoms with Gasteiger partial charge in [-0.1, -0.05) is 41.7 Å². The standard InChI is InChI=1S/C17H10N4O3S/c18-10-12(8-11-4-2-1-3-5-11)16(22)20-17-19-14-7-6-13(21(23)24)9-15(14)25-17/h1-9H,(H,19,20,22). The van der Waals surface area contributed by atoms with Crippen molar-refractivity contribution in [1.82, 2.24) is 4.98 Å². The summed E-state index contributed by atoms with van der Waals surface area (Å²) in [6.45, 7) is 0. The molecule has 0 spiro atoms. The van der Waals surface area contributed by atoms with Crippen LogP contribution in [0, 0.1) is 21.4 Å². The van der Waals surface area contributed by atoms with Gasteiger partial charge < -0.3 is 0 Å². The summed E-state index contributed by atoms with van der Waals surface area (Å²) < 4.78 is 0.579. The number of benzene rings is 2. The summed E-state index contributed by atoms with van der Waals surface area (Å²) in [4.78, 5) is 26.8. The zero-order valence-electron chi connectivity index (χ0n) is 12.7. The molecule has 8 heteroatoms. The molecule has 2 aromatic carbocycles. The number of carbonyl (C=O) groups excluding carboxylic acids is 1. The minimum absolute atomic E-state index is 0.0456. The number of nitro benzene ring substituents is 1. The molecule has 1 heterocycles. The molecule has 7 nitrogen and oxygen atoms in total. The van der Waals surface area contributed by atoms with Gasteiger partial charge in [0.25, 0.3) is 11.6 Å². The van der Waals surface area contributed by atoms with Gasteiger partial charge in [-0.05, 0) is 17.7 Å². The molecule has 1 amide bonds. The molecule has 122 valence electrons. The van der Waals surface area contributed by atoms with Gasteiger partial charge in [0.15, 0.2) is 5.13 Å². The highest BCUT2D eigenvalue weighted by molar-refractivity contribution is 7.22. The van der Waals surface area contributed by atoms with Gasteiger partial charge in [-0.25, -0.2) is 4.98 Å². The van der Waals surface area contributed by atoms with Gasteiger partial charge in [0.05, 0.1) is 15.1 Å². The number of hydrogen-bond acceptors (Lipinski definition) is 6. The molecule has 0 bridgehead atoms. The highest BCUT2D eigenvalue weighted by Gasteiger charge is 2.14. The maximum absolute atomic E-state index is 12.3. The maximum Gasteiger partial charge on any atom is 0.270 e. The van der Waals surface area contributed by atoms with E-state index in [1.165, 1.54) is 24.3 Å². The molecule has 0 atom stereocenters. The zero-order chi connectivity index (χ0) is 17.8. The molecule has 25 heavy (non-hydrogen) atoms. The molecule has 0 saturated carbocycles. The van der Waals surface area contributed by atoms with E-state index in [9.17, 15) is 20.2 Å². The fourth-order valence-electron chi connectivity index (χ4n) is 2.11. The summed E-state index contributed by atoms with van der Waals surface area (Å²) in [5, 5.41) is 22.8. The molecule has 0 aliphatic carbocycles. The van der Waals surface area contributed by atoms with Gasteiger partial charge in [-0.2, -0.15) is 5.26 Å². The van der Waals surface area contributed by atoms with Crippen molar-refractivity contribution in [2.45, 2.75) is 0 Å². The van der Waals surface area contributed by atoms with Crippen molar-refractivity contribution in [3.63, 3.8) is 0 Å². The van der Waals surface area contributed by atoms with Crippen LogP contribution in [0.4, 0.5) is 10.8 Å². The van der Waals surface area contributed by atoms with Crippen molar-refractivity contribution in [3.05, 3.63) is 69.8 Å². The third-order valence-corrected chi connectivity index (χ3v) is 4.21. The Bertz CT molecular complexity index is 1030. The van der Waals surface area contributed by atoms with Gasteiger partial charge in [-0.3, -0.25) is 20.2 Å². The molecule has 0 radical (unpaired) electrons. The third kappa shape index (κ3) is 3.68. The second-order valence-corrected chi connectivity index (χ2v) is 5.99. The lowest BCUT2D eigenvalue weighted by Crippen LogP contribution is -2.13. The number of non-ortho nitro benzene ring substituents is 1. The van der Waals surface area contributed by atoms with Crippen LogP contribution in [0.25, 0.3) is 16.3 Å². The number of thiazole rings is 1. The van der Waals surface area contributed by atoms with Crippen LogP contribution in [0.1, 0.15) is 5.56 Å². The van der Waals surface area contributed by atoms with Crippen LogP contribution in [0.2, 0.25) is 0 Å². The molecule has 0 aliphatic rings. The van der Waals surface area contributed by atoms with Crippen molar-refractivity contribution in [2.75, 3.05) is 5.32 Å². The Balaban J connectivity index is 1.84. The van der Waals surface area contributed by atoms with Gasteiger partial charge in [0.1, 0.15) is 11.6 Å². The number of nitrogens with one attached hydrogen (secondary N) is 1. The largest absolute Gasteiger partial charge is 0.297 e. The number of fused-ring (bicyclic) bond motifs is 1. The van der Waals surface area contributed by atoms with E-state index >= 15 is 0 Å². The van der Waals surface area contributed by atoms with Crippen LogP contribution in [0.15, 0.2) is 54.1 Å². The van der Waals surface area contributed by atoms with Crippen LogP contribution >= 0.6 is 11.3 Å². The summed E-state index contributed by atoms with van der Waals surface area (Å²) in [6.07, 6.45) is 1.48. The molecular weight excluding hydrogens is 340 g/mol. The number of nitro groups is 1. The summed E-state index contributed by atoms with van der Waals surface area (Å²) in [5.74, 6) is -0.583. The normalized spacial score (nSPS) is 11.1. The Morgan fingerprint density at radius 1 is 1.28 bits per heavy atom. The minimum Gasteiger partial charge on any atom is -0.297 e. The number of hydrogen-bond donors (Lipinski definition) is 1. The maximum atomic E-state index is 12.3. The molecule has 0 aliphatic heterocycles. The number of rotatable bonds is 4. The number of carbonyl (C=O) groups is 1. The first-order chi connectivity index (χ1) is 12.1. The first-order valence-corrected chi connectivity index (χ1v) is 7.91. The van der Waals surface area contributed by atoms with Crippen LogP contribution in [-0.4, -0.2) is 15.8 Å². The highest BCUT2D eigenvalue weighted by atomic mass is 32.1. The fraction of sp³-hybridized carbons (Fsp3) is 0. The van der Waals surface area contributed by atoms with Crippen LogP contribution in [0.3, 0.4) is 0 Å². The third-order valence-electron chi connectivity index (χ3n) is 3.28. The van der Waals surface area contributed by atoms with E-state index in [0.717, 1.165) is 16.9 Å². The van der Waals surface area contributed by atoms with Crippen molar-refractivity contribution in [1.29, 1.82) is 5.26 Å². The molecule has 3 aromatic rings.